The van der Waals surface area contributed by atoms with Crippen LogP contribution < -0.4 is 16.2 Å². The van der Waals surface area contributed by atoms with Crippen LogP contribution in [0.15, 0.2) is 0 Å². The summed E-state index contributed by atoms with van der Waals surface area (Å²) in [5, 5.41) is 18.0. The SMILES string of the molecule is C[Si](C)(N)OC([SiH3])(O[Si](C)(C)N)O[Si](C)(C)N. The largest absolute Gasteiger partial charge is 0.361 e. The molecule has 6 N–H and O–H groups in total. The van der Waals surface area contributed by atoms with Crippen LogP contribution in [0, 0.1) is 0 Å². The molecule has 0 radical (unpaired) electrons. The molecule has 10 heteroatoms. The van der Waals surface area contributed by atoms with E-state index in [0.717, 1.165) is 0 Å². The Labute approximate surface area is 110 Å². The Balaban J connectivity index is 4.95. The van der Waals surface area contributed by atoms with Crippen LogP contribution in [-0.4, -0.2) is 41.3 Å². The van der Waals surface area contributed by atoms with Crippen molar-refractivity contribution in [3.05, 3.63) is 0 Å². The third kappa shape index (κ3) is 10.3. The molecule has 0 atom stereocenters. The Hall–Kier alpha value is 0.628. The molecule has 0 saturated heterocycles. The predicted octanol–water partition coefficient (Wildman–Crippen LogP) is -1.01. The van der Waals surface area contributed by atoms with Gasteiger partial charge in [-0.3, -0.25) is 0 Å². The monoisotopic (exact) mass is 313 g/mol. The van der Waals surface area contributed by atoms with Crippen LogP contribution in [0.25, 0.3) is 0 Å². The first-order valence-corrected chi connectivity index (χ1v) is 15.5. The molecule has 6 nitrogen and oxygen atoms in total. The number of hydrogen-bond acceptors (Lipinski definition) is 6. The van der Waals surface area contributed by atoms with Gasteiger partial charge in [-0.2, -0.15) is 0 Å². The van der Waals surface area contributed by atoms with Gasteiger partial charge in [0.25, 0.3) is 25.4 Å². The summed E-state index contributed by atoms with van der Waals surface area (Å²) in [6.45, 7) is 11.3. The van der Waals surface area contributed by atoms with Crippen LogP contribution in [0.2, 0.25) is 39.3 Å². The minimum absolute atomic E-state index is 0.508. The van der Waals surface area contributed by atoms with Crippen molar-refractivity contribution in [2.24, 2.45) is 16.2 Å². The Bertz CT molecular complexity index is 218. The molecule has 0 aromatic carbocycles. The molecule has 0 unspecified atom stereocenters. The number of nitrogens with two attached hydrogens (primary N) is 3. The molecule has 0 spiro atoms. The third-order valence-corrected chi connectivity index (χ3v) is 5.87. The molecule has 0 heterocycles. The van der Waals surface area contributed by atoms with Gasteiger partial charge in [0, 0.05) is 0 Å². The zero-order chi connectivity index (χ0) is 14.1. The second kappa shape index (κ2) is 5.32. The lowest BCUT2D eigenvalue weighted by molar-refractivity contribution is -0.203. The van der Waals surface area contributed by atoms with E-state index >= 15 is 0 Å². The van der Waals surface area contributed by atoms with Gasteiger partial charge in [-0.15, -0.1) is 0 Å². The van der Waals surface area contributed by atoms with Gasteiger partial charge in [-0.1, -0.05) is 0 Å². The predicted molar refractivity (Wildman–Crippen MR) is 80.9 cm³/mol. The van der Waals surface area contributed by atoms with E-state index in [0.29, 0.717) is 10.2 Å². The molecule has 104 valence electrons. The van der Waals surface area contributed by atoms with Gasteiger partial charge in [-0.05, 0) is 39.3 Å². The van der Waals surface area contributed by atoms with E-state index in [1.165, 1.54) is 0 Å². The van der Waals surface area contributed by atoms with Gasteiger partial charge < -0.3 is 29.5 Å². The van der Waals surface area contributed by atoms with Gasteiger partial charge >= 0.3 is 0 Å². The smallest absolute Gasteiger partial charge is 0.265 e. The van der Waals surface area contributed by atoms with Crippen molar-refractivity contribution in [2.75, 3.05) is 0 Å². The molecular weight excluding hydrogens is 286 g/mol. The number of rotatable bonds is 6. The normalized spacial score (nSPS) is 15.4. The van der Waals surface area contributed by atoms with Crippen molar-refractivity contribution in [2.45, 2.75) is 44.9 Å². The van der Waals surface area contributed by atoms with Crippen LogP contribution in [0.4, 0.5) is 0 Å². The summed E-state index contributed by atoms with van der Waals surface area (Å²) in [5.74, 6) is 0. The van der Waals surface area contributed by atoms with Crippen LogP contribution in [-0.2, 0) is 13.3 Å². The summed E-state index contributed by atoms with van der Waals surface area (Å²) in [6, 6.07) is 0. The molecule has 0 aromatic rings. The molecule has 0 aromatic heterocycles. The molecule has 0 aliphatic carbocycles. The first kappa shape index (κ1) is 17.6. The molecule has 0 amide bonds. The highest BCUT2D eigenvalue weighted by Gasteiger charge is 2.41. The van der Waals surface area contributed by atoms with Gasteiger partial charge in [-0.25, -0.2) is 0 Å². The summed E-state index contributed by atoms with van der Waals surface area (Å²) in [4.78, 5) is 0. The van der Waals surface area contributed by atoms with Crippen molar-refractivity contribution in [3.8, 4) is 0 Å². The minimum Gasteiger partial charge on any atom is -0.361 e. The van der Waals surface area contributed by atoms with Gasteiger partial charge in [0.2, 0.25) is 5.60 Å². The summed E-state index contributed by atoms with van der Waals surface area (Å²) < 4.78 is 17.5. The average molecular weight is 314 g/mol. The lowest BCUT2D eigenvalue weighted by Gasteiger charge is -2.42. The van der Waals surface area contributed by atoms with Gasteiger partial charge in [0.15, 0.2) is 0 Å². The van der Waals surface area contributed by atoms with Crippen molar-refractivity contribution in [1.29, 1.82) is 0 Å². The van der Waals surface area contributed by atoms with Crippen LogP contribution >= 0.6 is 0 Å². The van der Waals surface area contributed by atoms with Crippen LogP contribution in [0.1, 0.15) is 0 Å². The Morgan fingerprint density at radius 2 is 0.882 bits per heavy atom. The van der Waals surface area contributed by atoms with E-state index in [-0.39, 0.29) is 0 Å². The lowest BCUT2D eigenvalue weighted by atomic mass is 11.3. The fourth-order valence-electron chi connectivity index (χ4n) is 1.50. The molecule has 0 saturated carbocycles. The number of hydrogen-bond donors (Lipinski definition) is 3. The Kier molecular flexibility index (Phi) is 5.52. The van der Waals surface area contributed by atoms with Gasteiger partial charge in [0.05, 0.1) is 0 Å². The maximum Gasteiger partial charge on any atom is 0.265 e. The topological polar surface area (TPSA) is 106 Å². The maximum absolute atomic E-state index is 5.99. The Morgan fingerprint density at radius 1 is 0.706 bits per heavy atom. The molecular formula is C7H27N3O3Si4. The highest BCUT2D eigenvalue weighted by Crippen LogP contribution is 2.21. The van der Waals surface area contributed by atoms with E-state index in [2.05, 4.69) is 0 Å². The van der Waals surface area contributed by atoms with E-state index in [4.69, 9.17) is 29.5 Å². The molecule has 0 fully saturated rings. The highest BCUT2D eigenvalue weighted by molar-refractivity contribution is 6.71. The second-order valence-corrected chi connectivity index (χ2v) is 17.4. The van der Waals surface area contributed by atoms with Crippen LogP contribution in [0.3, 0.4) is 0 Å². The van der Waals surface area contributed by atoms with E-state index in [9.17, 15) is 0 Å². The first-order valence-electron chi connectivity index (χ1n) is 5.59. The molecule has 0 aliphatic heterocycles. The molecule has 17 heavy (non-hydrogen) atoms. The molecule has 0 rings (SSSR count). The second-order valence-electron chi connectivity index (χ2n) is 5.98. The molecule has 0 bridgehead atoms. The fourth-order valence-corrected chi connectivity index (χ4v) is 9.60. The van der Waals surface area contributed by atoms with E-state index in [1.807, 2.05) is 39.3 Å². The van der Waals surface area contributed by atoms with Crippen molar-refractivity contribution >= 4 is 35.7 Å². The summed E-state index contributed by atoms with van der Waals surface area (Å²) in [5.41, 5.74) is -1.10. The summed E-state index contributed by atoms with van der Waals surface area (Å²) >= 11 is 0. The van der Waals surface area contributed by atoms with E-state index in [1.54, 1.807) is 0 Å². The van der Waals surface area contributed by atoms with Gasteiger partial charge in [0.1, 0.15) is 10.2 Å². The zero-order valence-electron chi connectivity index (χ0n) is 12.0. The Morgan fingerprint density at radius 3 is 1.00 bits per heavy atom. The van der Waals surface area contributed by atoms with E-state index < -0.39 is 31.0 Å². The molecule has 0 aliphatic rings. The standard InChI is InChI=1S/C7H27N3O3Si4/c1-15(2,8)11-7(14,12-16(3,4)9)13-17(5,6)10/h8-10H2,1-6,14H3. The van der Waals surface area contributed by atoms with Crippen molar-refractivity contribution in [3.63, 3.8) is 0 Å². The average Bonchev–Trinajstić information content (AvgIpc) is 1.65. The quantitative estimate of drug-likeness (QED) is 0.429. The summed E-state index contributed by atoms with van der Waals surface area (Å²) in [7, 11) is -6.31. The zero-order valence-corrected chi connectivity index (χ0v) is 17.0. The third-order valence-electron chi connectivity index (χ3n) is 1.35. The minimum atomic E-state index is -2.27. The maximum atomic E-state index is 5.99. The summed E-state index contributed by atoms with van der Waals surface area (Å²) in [6.07, 6.45) is 0. The van der Waals surface area contributed by atoms with Crippen LogP contribution in [0.5, 0.6) is 0 Å². The van der Waals surface area contributed by atoms with Crippen molar-refractivity contribution in [1.82, 2.24) is 0 Å². The fraction of sp³-hybridized carbons (Fsp3) is 1.00. The lowest BCUT2D eigenvalue weighted by Crippen LogP contribution is -2.64. The highest BCUT2D eigenvalue weighted by atomic mass is 28.4. The first-order chi connectivity index (χ1) is 7.12. The van der Waals surface area contributed by atoms with Crippen molar-refractivity contribution < 1.29 is 13.3 Å².